The number of methoxy groups -OCH3 is 1. The lowest BCUT2D eigenvalue weighted by Crippen LogP contribution is -2.17. The van der Waals surface area contributed by atoms with Gasteiger partial charge in [-0.1, -0.05) is 13.8 Å². The topological polar surface area (TPSA) is 18.5 Å². The van der Waals surface area contributed by atoms with Crippen LogP contribution in [0.4, 0.5) is 13.2 Å². The van der Waals surface area contributed by atoms with Gasteiger partial charge < -0.3 is 9.47 Å². The molecule has 0 rings (SSSR count). The first-order valence-electron chi connectivity index (χ1n) is 4.26. The van der Waals surface area contributed by atoms with Gasteiger partial charge in [-0.05, 0) is 5.92 Å². The third kappa shape index (κ3) is 7.76. The summed E-state index contributed by atoms with van der Waals surface area (Å²) in [6, 6.07) is 0. The summed E-state index contributed by atoms with van der Waals surface area (Å²) in [5.74, 6) is 0.449. The summed E-state index contributed by atoms with van der Waals surface area (Å²) in [6.07, 6.45) is -2.67. The van der Waals surface area contributed by atoms with E-state index in [9.17, 15) is 13.2 Å². The number of halogens is 3. The van der Waals surface area contributed by atoms with E-state index in [1.807, 2.05) is 13.8 Å². The van der Waals surface area contributed by atoms with Crippen LogP contribution in [0.5, 0.6) is 0 Å². The van der Waals surface area contributed by atoms with E-state index in [2.05, 4.69) is 9.47 Å². The SMILES string of the molecule is CO/C=C(/CC(C)C)OCC(F)(F)F. The molecule has 0 N–H and O–H groups in total. The van der Waals surface area contributed by atoms with Gasteiger partial charge >= 0.3 is 6.18 Å². The van der Waals surface area contributed by atoms with Crippen molar-refractivity contribution in [3.05, 3.63) is 12.0 Å². The van der Waals surface area contributed by atoms with E-state index in [4.69, 9.17) is 0 Å². The number of allylic oxidation sites excluding steroid dienone is 1. The van der Waals surface area contributed by atoms with Gasteiger partial charge in [-0.3, -0.25) is 0 Å². The number of alkyl halides is 3. The van der Waals surface area contributed by atoms with Gasteiger partial charge in [-0.25, -0.2) is 0 Å². The van der Waals surface area contributed by atoms with Crippen molar-refractivity contribution in [2.75, 3.05) is 13.7 Å². The van der Waals surface area contributed by atoms with Crippen LogP contribution in [0.15, 0.2) is 12.0 Å². The molecule has 0 radical (unpaired) electrons. The Hall–Kier alpha value is -0.870. The second-order valence-corrected chi connectivity index (χ2v) is 3.32. The maximum absolute atomic E-state index is 11.8. The molecular weight excluding hydrogens is 197 g/mol. The molecule has 0 saturated carbocycles. The van der Waals surface area contributed by atoms with E-state index in [-0.39, 0.29) is 11.7 Å². The number of hydrogen-bond donors (Lipinski definition) is 0. The summed E-state index contributed by atoms with van der Waals surface area (Å²) < 4.78 is 44.6. The normalized spacial score (nSPS) is 13.2. The van der Waals surface area contributed by atoms with Gasteiger partial charge in [0, 0.05) is 6.42 Å². The van der Waals surface area contributed by atoms with E-state index in [1.54, 1.807) is 0 Å². The molecule has 2 nitrogen and oxygen atoms in total. The predicted octanol–water partition coefficient (Wildman–Crippen LogP) is 3.10. The van der Waals surface area contributed by atoms with Crippen LogP contribution in [0.2, 0.25) is 0 Å². The zero-order valence-electron chi connectivity index (χ0n) is 8.52. The Balaban J connectivity index is 4.05. The van der Waals surface area contributed by atoms with Crippen molar-refractivity contribution >= 4 is 0 Å². The van der Waals surface area contributed by atoms with E-state index in [0.29, 0.717) is 6.42 Å². The van der Waals surface area contributed by atoms with Gasteiger partial charge in [-0.15, -0.1) is 0 Å². The Labute approximate surface area is 81.7 Å². The molecular formula is C9H15F3O2. The van der Waals surface area contributed by atoms with Crippen molar-refractivity contribution in [1.82, 2.24) is 0 Å². The summed E-state index contributed by atoms with van der Waals surface area (Å²) in [5, 5.41) is 0. The molecule has 0 spiro atoms. The molecule has 84 valence electrons. The monoisotopic (exact) mass is 212 g/mol. The molecule has 0 aromatic rings. The van der Waals surface area contributed by atoms with E-state index in [1.165, 1.54) is 13.4 Å². The third-order valence-electron chi connectivity index (χ3n) is 1.28. The number of rotatable bonds is 5. The lowest BCUT2D eigenvalue weighted by atomic mass is 10.1. The zero-order valence-corrected chi connectivity index (χ0v) is 8.52. The van der Waals surface area contributed by atoms with Gasteiger partial charge in [0.05, 0.1) is 7.11 Å². The van der Waals surface area contributed by atoms with Crippen molar-refractivity contribution in [2.24, 2.45) is 5.92 Å². The molecule has 0 atom stereocenters. The third-order valence-corrected chi connectivity index (χ3v) is 1.28. The lowest BCUT2D eigenvalue weighted by Gasteiger charge is -2.13. The first-order chi connectivity index (χ1) is 6.35. The fourth-order valence-electron chi connectivity index (χ4n) is 0.849. The number of hydrogen-bond acceptors (Lipinski definition) is 2. The Bertz CT molecular complexity index is 185. The van der Waals surface area contributed by atoms with E-state index in [0.717, 1.165) is 0 Å². The summed E-state index contributed by atoms with van der Waals surface area (Å²) in [6.45, 7) is 2.51. The molecule has 0 aliphatic carbocycles. The standard InChI is InChI=1S/C9H15F3O2/c1-7(2)4-8(5-13-3)14-6-9(10,11)12/h5,7H,4,6H2,1-3H3/b8-5-. The second-order valence-electron chi connectivity index (χ2n) is 3.32. The molecule has 0 aromatic heterocycles. The smallest absolute Gasteiger partial charge is 0.422 e. The minimum Gasteiger partial charge on any atom is -0.501 e. The molecule has 0 fully saturated rings. The first kappa shape index (κ1) is 13.1. The minimum absolute atomic E-state index is 0.222. The fraction of sp³-hybridized carbons (Fsp3) is 0.778. The Morgan fingerprint density at radius 1 is 1.36 bits per heavy atom. The Kier molecular flexibility index (Phi) is 5.42. The van der Waals surface area contributed by atoms with Gasteiger partial charge in [-0.2, -0.15) is 13.2 Å². The van der Waals surface area contributed by atoms with Crippen molar-refractivity contribution in [3.63, 3.8) is 0 Å². The summed E-state index contributed by atoms with van der Waals surface area (Å²) >= 11 is 0. The largest absolute Gasteiger partial charge is 0.501 e. The van der Waals surface area contributed by atoms with Crippen LogP contribution in [0.25, 0.3) is 0 Å². The second kappa shape index (κ2) is 5.78. The van der Waals surface area contributed by atoms with Crippen LogP contribution >= 0.6 is 0 Å². The molecule has 0 heterocycles. The van der Waals surface area contributed by atoms with Crippen LogP contribution in [0.3, 0.4) is 0 Å². The minimum atomic E-state index is -4.30. The van der Waals surface area contributed by atoms with Crippen LogP contribution in [-0.2, 0) is 9.47 Å². The molecule has 0 aliphatic heterocycles. The Morgan fingerprint density at radius 2 is 1.93 bits per heavy atom. The van der Waals surface area contributed by atoms with Crippen molar-refractivity contribution in [2.45, 2.75) is 26.4 Å². The average molecular weight is 212 g/mol. The van der Waals surface area contributed by atoms with Crippen LogP contribution in [-0.4, -0.2) is 19.9 Å². The fourth-order valence-corrected chi connectivity index (χ4v) is 0.849. The van der Waals surface area contributed by atoms with E-state index < -0.39 is 12.8 Å². The summed E-state index contributed by atoms with van der Waals surface area (Å²) in [4.78, 5) is 0. The molecule has 5 heteroatoms. The summed E-state index contributed by atoms with van der Waals surface area (Å²) in [7, 11) is 1.37. The van der Waals surface area contributed by atoms with Crippen molar-refractivity contribution in [1.29, 1.82) is 0 Å². The molecule has 0 amide bonds. The summed E-state index contributed by atoms with van der Waals surface area (Å²) in [5.41, 5.74) is 0. The molecule has 0 unspecified atom stereocenters. The van der Waals surface area contributed by atoms with Gasteiger partial charge in [0.1, 0.15) is 12.0 Å². The molecule has 0 aliphatic rings. The van der Waals surface area contributed by atoms with Crippen molar-refractivity contribution in [3.8, 4) is 0 Å². The predicted molar refractivity (Wildman–Crippen MR) is 46.6 cm³/mol. The van der Waals surface area contributed by atoms with E-state index >= 15 is 0 Å². The Morgan fingerprint density at radius 3 is 2.29 bits per heavy atom. The first-order valence-corrected chi connectivity index (χ1v) is 4.26. The lowest BCUT2D eigenvalue weighted by molar-refractivity contribution is -0.166. The quantitative estimate of drug-likeness (QED) is 0.652. The maximum atomic E-state index is 11.8. The van der Waals surface area contributed by atoms with Crippen LogP contribution in [0.1, 0.15) is 20.3 Å². The molecule has 0 aromatic carbocycles. The highest BCUT2D eigenvalue weighted by Gasteiger charge is 2.28. The van der Waals surface area contributed by atoms with Gasteiger partial charge in [0.25, 0.3) is 0 Å². The van der Waals surface area contributed by atoms with Crippen LogP contribution in [0, 0.1) is 5.92 Å². The highest BCUT2D eigenvalue weighted by atomic mass is 19.4. The van der Waals surface area contributed by atoms with Crippen LogP contribution < -0.4 is 0 Å². The van der Waals surface area contributed by atoms with Gasteiger partial charge in [0.15, 0.2) is 6.61 Å². The highest BCUT2D eigenvalue weighted by molar-refractivity contribution is 4.88. The highest BCUT2D eigenvalue weighted by Crippen LogP contribution is 2.19. The average Bonchev–Trinajstić information content (AvgIpc) is 1.98. The zero-order chi connectivity index (χ0) is 11.2. The molecule has 0 bridgehead atoms. The number of ether oxygens (including phenoxy) is 2. The van der Waals surface area contributed by atoms with Crippen molar-refractivity contribution < 1.29 is 22.6 Å². The van der Waals surface area contributed by atoms with Gasteiger partial charge in [0.2, 0.25) is 0 Å². The molecule has 14 heavy (non-hydrogen) atoms. The maximum Gasteiger partial charge on any atom is 0.422 e. The molecule has 0 saturated heterocycles.